The van der Waals surface area contributed by atoms with Gasteiger partial charge < -0.3 is 4.90 Å². The maximum absolute atomic E-state index is 4.46. The predicted molar refractivity (Wildman–Crippen MR) is 114 cm³/mol. The lowest BCUT2D eigenvalue weighted by Gasteiger charge is -2.34. The number of nitrogens with zero attached hydrogens (tertiary/aromatic N) is 3. The highest BCUT2D eigenvalue weighted by Gasteiger charge is 2.27. The van der Waals surface area contributed by atoms with Crippen molar-refractivity contribution < 1.29 is 0 Å². The van der Waals surface area contributed by atoms with E-state index in [4.69, 9.17) is 0 Å². The van der Waals surface area contributed by atoms with E-state index in [-0.39, 0.29) is 0 Å². The Labute approximate surface area is 165 Å². The van der Waals surface area contributed by atoms with Gasteiger partial charge >= 0.3 is 0 Å². The van der Waals surface area contributed by atoms with E-state index in [1.807, 2.05) is 12.3 Å². The van der Waals surface area contributed by atoms with Gasteiger partial charge in [0.2, 0.25) is 0 Å². The molecule has 28 heavy (non-hydrogen) atoms. The number of benzene rings is 3. The van der Waals surface area contributed by atoms with Crippen LogP contribution in [0.2, 0.25) is 0 Å². The van der Waals surface area contributed by atoms with Gasteiger partial charge in [0.1, 0.15) is 6.33 Å². The maximum Gasteiger partial charge on any atom is 0.116 e. The van der Waals surface area contributed by atoms with E-state index in [0.29, 0.717) is 5.92 Å². The van der Waals surface area contributed by atoms with Crippen molar-refractivity contribution >= 4 is 10.8 Å². The topological polar surface area (TPSA) is 29.0 Å². The van der Waals surface area contributed by atoms with E-state index in [0.717, 1.165) is 18.8 Å². The van der Waals surface area contributed by atoms with Crippen molar-refractivity contribution in [2.24, 2.45) is 0 Å². The number of likely N-dealkylation sites (N-methyl/N-ethyl adjacent to an activating group) is 1. The summed E-state index contributed by atoms with van der Waals surface area (Å²) in [5, 5.41) is 2.61. The zero-order chi connectivity index (χ0) is 19.1. The average molecular weight is 365 g/mol. The molecule has 4 aromatic rings. The number of hydrogen-bond acceptors (Lipinski definition) is 3. The summed E-state index contributed by atoms with van der Waals surface area (Å²) in [5.41, 5.74) is 7.79. The zero-order valence-electron chi connectivity index (χ0n) is 16.3. The molecule has 5 rings (SSSR count). The van der Waals surface area contributed by atoms with Crippen LogP contribution in [-0.2, 0) is 6.54 Å². The standard InChI is InChI=1S/C25H23N3/c1-17-21(25-11-12-26-16-27-25)9-10-22-23(17)14-28(2)15-24(22)20-8-7-18-5-3-4-6-19(18)13-20/h3-13,16,24H,14-15H2,1-2H3. The Kier molecular flexibility index (Phi) is 4.18. The molecule has 1 aliphatic rings. The molecule has 1 aliphatic heterocycles. The van der Waals surface area contributed by atoms with Crippen LogP contribution in [0.1, 0.15) is 28.2 Å². The Hall–Kier alpha value is -3.04. The molecule has 3 heteroatoms. The molecule has 0 spiro atoms. The third kappa shape index (κ3) is 2.88. The van der Waals surface area contributed by atoms with E-state index in [9.17, 15) is 0 Å². The Morgan fingerprint density at radius 3 is 2.64 bits per heavy atom. The average Bonchev–Trinajstić information content (AvgIpc) is 2.74. The number of rotatable bonds is 2. The lowest BCUT2D eigenvalue weighted by molar-refractivity contribution is 0.294. The van der Waals surface area contributed by atoms with Gasteiger partial charge in [0.15, 0.2) is 0 Å². The highest BCUT2D eigenvalue weighted by Crippen LogP contribution is 2.38. The van der Waals surface area contributed by atoms with Gasteiger partial charge in [0, 0.05) is 30.8 Å². The van der Waals surface area contributed by atoms with Gasteiger partial charge in [0.25, 0.3) is 0 Å². The van der Waals surface area contributed by atoms with Gasteiger partial charge in [-0.25, -0.2) is 9.97 Å². The van der Waals surface area contributed by atoms with Crippen LogP contribution >= 0.6 is 0 Å². The zero-order valence-corrected chi connectivity index (χ0v) is 16.3. The van der Waals surface area contributed by atoms with Gasteiger partial charge in [-0.2, -0.15) is 0 Å². The first kappa shape index (κ1) is 17.1. The van der Waals surface area contributed by atoms with E-state index in [2.05, 4.69) is 83.4 Å². The second kappa shape index (κ2) is 6.84. The minimum Gasteiger partial charge on any atom is -0.301 e. The van der Waals surface area contributed by atoms with Crippen molar-refractivity contribution in [3.05, 3.63) is 95.4 Å². The largest absolute Gasteiger partial charge is 0.301 e. The van der Waals surface area contributed by atoms with Crippen LogP contribution in [0, 0.1) is 6.92 Å². The Morgan fingerprint density at radius 2 is 1.82 bits per heavy atom. The third-order valence-corrected chi connectivity index (χ3v) is 5.97. The third-order valence-electron chi connectivity index (χ3n) is 5.97. The fraction of sp³-hybridized carbons (Fsp3) is 0.200. The minimum absolute atomic E-state index is 0.386. The van der Waals surface area contributed by atoms with Crippen LogP contribution in [0.4, 0.5) is 0 Å². The molecule has 3 aromatic carbocycles. The summed E-state index contributed by atoms with van der Waals surface area (Å²) >= 11 is 0. The summed E-state index contributed by atoms with van der Waals surface area (Å²) in [6.45, 7) is 4.24. The van der Waals surface area contributed by atoms with Crippen LogP contribution < -0.4 is 0 Å². The Morgan fingerprint density at radius 1 is 0.964 bits per heavy atom. The minimum atomic E-state index is 0.386. The van der Waals surface area contributed by atoms with E-state index >= 15 is 0 Å². The molecule has 1 aromatic heterocycles. The van der Waals surface area contributed by atoms with E-state index in [1.54, 1.807) is 6.33 Å². The van der Waals surface area contributed by atoms with Crippen molar-refractivity contribution in [1.82, 2.24) is 14.9 Å². The molecule has 0 N–H and O–H groups in total. The number of aromatic nitrogens is 2. The van der Waals surface area contributed by atoms with Crippen LogP contribution in [0.5, 0.6) is 0 Å². The molecular formula is C25H23N3. The molecule has 0 fully saturated rings. The second-order valence-corrected chi connectivity index (χ2v) is 7.76. The first-order chi connectivity index (χ1) is 13.7. The lowest BCUT2D eigenvalue weighted by atomic mass is 9.81. The first-order valence-electron chi connectivity index (χ1n) is 9.77. The van der Waals surface area contributed by atoms with Crippen molar-refractivity contribution in [2.45, 2.75) is 19.4 Å². The smallest absolute Gasteiger partial charge is 0.116 e. The van der Waals surface area contributed by atoms with E-state index < -0.39 is 0 Å². The maximum atomic E-state index is 4.46. The van der Waals surface area contributed by atoms with Crippen LogP contribution in [0.25, 0.3) is 22.0 Å². The summed E-state index contributed by atoms with van der Waals surface area (Å²) < 4.78 is 0. The summed E-state index contributed by atoms with van der Waals surface area (Å²) in [6, 6.07) is 22.0. The van der Waals surface area contributed by atoms with Crippen LogP contribution in [-0.4, -0.2) is 28.5 Å². The van der Waals surface area contributed by atoms with Crippen molar-refractivity contribution in [1.29, 1.82) is 0 Å². The highest BCUT2D eigenvalue weighted by atomic mass is 15.1. The van der Waals surface area contributed by atoms with Gasteiger partial charge in [-0.15, -0.1) is 0 Å². The van der Waals surface area contributed by atoms with Crippen molar-refractivity contribution in [3.8, 4) is 11.3 Å². The van der Waals surface area contributed by atoms with Gasteiger partial charge in [-0.3, -0.25) is 0 Å². The SMILES string of the molecule is Cc1c(-c2ccncn2)ccc2c1CN(C)CC2c1ccc2ccccc2c1. The van der Waals surface area contributed by atoms with Gasteiger partial charge in [-0.05, 0) is 53.1 Å². The Bertz CT molecular complexity index is 1150. The molecular weight excluding hydrogens is 342 g/mol. The predicted octanol–water partition coefficient (Wildman–Crippen LogP) is 5.18. The molecule has 0 bridgehead atoms. The fourth-order valence-electron chi connectivity index (χ4n) is 4.50. The molecule has 1 unspecified atom stereocenters. The number of hydrogen-bond donors (Lipinski definition) is 0. The highest BCUT2D eigenvalue weighted by molar-refractivity contribution is 5.83. The normalized spacial score (nSPS) is 16.9. The molecule has 1 atom stereocenters. The molecule has 138 valence electrons. The summed E-state index contributed by atoms with van der Waals surface area (Å²) in [7, 11) is 2.22. The van der Waals surface area contributed by atoms with Crippen molar-refractivity contribution in [2.75, 3.05) is 13.6 Å². The lowest BCUT2D eigenvalue weighted by Crippen LogP contribution is -2.31. The monoisotopic (exact) mass is 365 g/mol. The first-order valence-corrected chi connectivity index (χ1v) is 9.77. The van der Waals surface area contributed by atoms with Gasteiger partial charge in [0.05, 0.1) is 5.69 Å². The number of fused-ring (bicyclic) bond motifs is 2. The Balaban J connectivity index is 1.63. The van der Waals surface area contributed by atoms with Crippen LogP contribution in [0.15, 0.2) is 73.2 Å². The molecule has 0 saturated carbocycles. The molecule has 2 heterocycles. The van der Waals surface area contributed by atoms with E-state index in [1.165, 1.54) is 38.6 Å². The summed E-state index contributed by atoms with van der Waals surface area (Å²) in [4.78, 5) is 11.0. The quantitative estimate of drug-likeness (QED) is 0.490. The van der Waals surface area contributed by atoms with Crippen LogP contribution in [0.3, 0.4) is 0 Å². The summed E-state index contributed by atoms with van der Waals surface area (Å²) in [5.74, 6) is 0.386. The molecule has 0 amide bonds. The second-order valence-electron chi connectivity index (χ2n) is 7.76. The van der Waals surface area contributed by atoms with Crippen molar-refractivity contribution in [3.63, 3.8) is 0 Å². The molecule has 0 aliphatic carbocycles. The molecule has 3 nitrogen and oxygen atoms in total. The van der Waals surface area contributed by atoms with Gasteiger partial charge in [-0.1, -0.05) is 54.6 Å². The molecule has 0 radical (unpaired) electrons. The summed E-state index contributed by atoms with van der Waals surface area (Å²) in [6.07, 6.45) is 3.43. The molecule has 0 saturated heterocycles. The fourth-order valence-corrected chi connectivity index (χ4v) is 4.50.